The van der Waals surface area contributed by atoms with Crippen molar-refractivity contribution in [1.29, 1.82) is 0 Å². The molecule has 36 heavy (non-hydrogen) atoms. The van der Waals surface area contributed by atoms with Crippen LogP contribution in [0.5, 0.6) is 5.75 Å². The van der Waals surface area contributed by atoms with Crippen LogP contribution in [-0.2, 0) is 9.53 Å². The lowest BCUT2D eigenvalue weighted by molar-refractivity contribution is -0.143. The molecule has 0 aliphatic carbocycles. The number of nitrogens with zero attached hydrogens (tertiary/aromatic N) is 2. The zero-order valence-electron chi connectivity index (χ0n) is 20.5. The highest BCUT2D eigenvalue weighted by Crippen LogP contribution is 2.32. The summed E-state index contributed by atoms with van der Waals surface area (Å²) in [7, 11) is 1.60. The molecule has 182 valence electrons. The number of benzene rings is 3. The van der Waals surface area contributed by atoms with Gasteiger partial charge in [0.2, 0.25) is 0 Å². The number of allylic oxidation sites excluding steroid dienone is 1. The molecule has 0 saturated carbocycles. The van der Waals surface area contributed by atoms with Crippen LogP contribution in [0.3, 0.4) is 0 Å². The van der Waals surface area contributed by atoms with Gasteiger partial charge in [-0.15, -0.1) is 0 Å². The largest absolute Gasteiger partial charge is 0.497 e. The molecule has 4 aromatic rings. The van der Waals surface area contributed by atoms with Gasteiger partial charge < -0.3 is 9.47 Å². The molecule has 0 amide bonds. The summed E-state index contributed by atoms with van der Waals surface area (Å²) in [5.74, 6) is 0.213. The van der Waals surface area contributed by atoms with Crippen LogP contribution in [0.1, 0.15) is 37.9 Å². The van der Waals surface area contributed by atoms with Crippen LogP contribution < -0.4 is 19.6 Å². The first kappa shape index (κ1) is 23.8. The van der Waals surface area contributed by atoms with E-state index in [2.05, 4.69) is 4.99 Å². The molecule has 1 aromatic heterocycles. The lowest BCUT2D eigenvalue weighted by Crippen LogP contribution is -2.40. The fourth-order valence-electron chi connectivity index (χ4n) is 4.48. The minimum absolute atomic E-state index is 0.199. The van der Waals surface area contributed by atoms with E-state index in [0.29, 0.717) is 26.4 Å². The molecule has 1 atom stereocenters. The topological polar surface area (TPSA) is 69.9 Å². The second kappa shape index (κ2) is 9.59. The second-order valence-corrected chi connectivity index (χ2v) is 9.89. The Labute approximate surface area is 212 Å². The van der Waals surface area contributed by atoms with Crippen LogP contribution in [0.2, 0.25) is 0 Å². The maximum Gasteiger partial charge on any atom is 0.338 e. The average molecular weight is 499 g/mol. The van der Waals surface area contributed by atoms with Crippen molar-refractivity contribution in [1.82, 2.24) is 4.57 Å². The maximum atomic E-state index is 13.8. The van der Waals surface area contributed by atoms with Crippen molar-refractivity contribution < 1.29 is 14.3 Å². The van der Waals surface area contributed by atoms with Crippen molar-refractivity contribution in [2.24, 2.45) is 4.99 Å². The third-order valence-electron chi connectivity index (χ3n) is 6.13. The highest BCUT2D eigenvalue weighted by atomic mass is 32.1. The van der Waals surface area contributed by atoms with E-state index in [9.17, 15) is 9.59 Å². The number of rotatable bonds is 5. The van der Waals surface area contributed by atoms with E-state index in [4.69, 9.17) is 9.47 Å². The van der Waals surface area contributed by atoms with Crippen LogP contribution in [0.15, 0.2) is 87.8 Å². The molecule has 2 heterocycles. The summed E-state index contributed by atoms with van der Waals surface area (Å²) in [6, 6.07) is 20.8. The minimum Gasteiger partial charge on any atom is -0.497 e. The summed E-state index contributed by atoms with van der Waals surface area (Å²) >= 11 is 1.32. The quantitative estimate of drug-likeness (QED) is 0.384. The first-order chi connectivity index (χ1) is 17.4. The van der Waals surface area contributed by atoms with Gasteiger partial charge in [0.15, 0.2) is 4.80 Å². The zero-order valence-corrected chi connectivity index (χ0v) is 21.3. The molecule has 0 saturated heterocycles. The van der Waals surface area contributed by atoms with E-state index in [-0.39, 0.29) is 11.7 Å². The molecule has 5 rings (SSSR count). The van der Waals surface area contributed by atoms with Crippen LogP contribution in [-0.4, -0.2) is 23.8 Å². The Morgan fingerprint density at radius 2 is 1.78 bits per heavy atom. The molecule has 0 fully saturated rings. The summed E-state index contributed by atoms with van der Waals surface area (Å²) < 4.78 is 13.0. The molecule has 6 nitrogen and oxygen atoms in total. The molecular weight excluding hydrogens is 472 g/mol. The number of hydrogen-bond acceptors (Lipinski definition) is 6. The van der Waals surface area contributed by atoms with E-state index < -0.39 is 12.0 Å². The van der Waals surface area contributed by atoms with E-state index in [1.54, 1.807) is 32.4 Å². The highest BCUT2D eigenvalue weighted by molar-refractivity contribution is 7.07. The van der Waals surface area contributed by atoms with Crippen LogP contribution in [0.4, 0.5) is 0 Å². The van der Waals surface area contributed by atoms with Crippen LogP contribution in [0.25, 0.3) is 16.8 Å². The van der Waals surface area contributed by atoms with Crippen LogP contribution in [0, 0.1) is 0 Å². The summed E-state index contributed by atoms with van der Waals surface area (Å²) in [5, 5.41) is 2.17. The number of thiazole rings is 1. The zero-order chi connectivity index (χ0) is 25.4. The monoisotopic (exact) mass is 498 g/mol. The number of esters is 1. The van der Waals surface area contributed by atoms with E-state index in [1.165, 1.54) is 11.3 Å². The van der Waals surface area contributed by atoms with Crippen molar-refractivity contribution in [3.8, 4) is 5.75 Å². The summed E-state index contributed by atoms with van der Waals surface area (Å²) in [5.41, 5.74) is 2.43. The van der Waals surface area contributed by atoms with Gasteiger partial charge in [0.1, 0.15) is 5.75 Å². The first-order valence-corrected chi connectivity index (χ1v) is 12.5. The van der Waals surface area contributed by atoms with Crippen molar-refractivity contribution in [3.05, 3.63) is 109 Å². The van der Waals surface area contributed by atoms with Gasteiger partial charge in [0.05, 0.1) is 35.1 Å². The number of hydrogen-bond donors (Lipinski definition) is 0. The molecule has 1 aliphatic rings. The Morgan fingerprint density at radius 3 is 2.50 bits per heavy atom. The molecule has 0 radical (unpaired) electrons. The number of carbonyl (C=O) groups is 1. The Hall–Kier alpha value is -3.97. The van der Waals surface area contributed by atoms with Gasteiger partial charge in [-0.05, 0) is 60.9 Å². The van der Waals surface area contributed by atoms with E-state index >= 15 is 0 Å². The van der Waals surface area contributed by atoms with Gasteiger partial charge in [0.25, 0.3) is 5.56 Å². The normalized spacial score (nSPS) is 15.7. The van der Waals surface area contributed by atoms with Gasteiger partial charge in [0, 0.05) is 0 Å². The number of fused-ring (bicyclic) bond motifs is 2. The predicted molar refractivity (Wildman–Crippen MR) is 142 cm³/mol. The molecule has 0 bridgehead atoms. The number of ether oxygens (including phenoxy) is 2. The molecule has 3 aromatic carbocycles. The maximum absolute atomic E-state index is 13.8. The lowest BCUT2D eigenvalue weighted by Gasteiger charge is -2.25. The Balaban J connectivity index is 1.73. The SMILES string of the molecule is COc1ccc([C@H]2C(C(=O)OC(C)C)=C(C)N=c3s/c(=C\c4cccc5ccccc45)c(=O)n32)cc1. The summed E-state index contributed by atoms with van der Waals surface area (Å²) in [6.45, 7) is 5.39. The standard InChI is InChI=1S/C29H26N2O4S/c1-17(2)35-28(33)25-18(3)30-29-31(26(25)20-12-14-22(34-4)15-13-20)27(32)24(36-29)16-21-10-7-9-19-8-5-6-11-23(19)21/h5-17,26H,1-4H3/b24-16-/t26-/m0/s1. The van der Waals surface area contributed by atoms with Gasteiger partial charge >= 0.3 is 5.97 Å². The Morgan fingerprint density at radius 1 is 1.06 bits per heavy atom. The lowest BCUT2D eigenvalue weighted by atomic mass is 9.96. The highest BCUT2D eigenvalue weighted by Gasteiger charge is 2.33. The fourth-order valence-corrected chi connectivity index (χ4v) is 5.52. The molecule has 0 spiro atoms. The smallest absolute Gasteiger partial charge is 0.338 e. The number of carbonyl (C=O) groups excluding carboxylic acids is 1. The second-order valence-electron chi connectivity index (χ2n) is 8.88. The fraction of sp³-hybridized carbons (Fsp3) is 0.207. The van der Waals surface area contributed by atoms with Gasteiger partial charge in [-0.25, -0.2) is 9.79 Å². The van der Waals surface area contributed by atoms with Crippen molar-refractivity contribution in [2.75, 3.05) is 7.11 Å². The average Bonchev–Trinajstić information content (AvgIpc) is 3.17. The van der Waals surface area contributed by atoms with Gasteiger partial charge in [-0.2, -0.15) is 0 Å². The molecular formula is C29H26N2O4S. The summed E-state index contributed by atoms with van der Waals surface area (Å²) in [4.78, 5) is 32.3. The third-order valence-corrected chi connectivity index (χ3v) is 7.11. The van der Waals surface area contributed by atoms with Crippen molar-refractivity contribution in [3.63, 3.8) is 0 Å². The van der Waals surface area contributed by atoms with Gasteiger partial charge in [-0.3, -0.25) is 9.36 Å². The minimum atomic E-state index is -0.659. The van der Waals surface area contributed by atoms with E-state index in [1.807, 2.05) is 72.8 Å². The first-order valence-electron chi connectivity index (χ1n) is 11.7. The molecule has 0 N–H and O–H groups in total. The summed E-state index contributed by atoms with van der Waals surface area (Å²) in [6.07, 6.45) is 1.60. The molecule has 7 heteroatoms. The van der Waals surface area contributed by atoms with Crippen molar-refractivity contribution >= 4 is 34.2 Å². The Bertz CT molecular complexity index is 1670. The van der Waals surface area contributed by atoms with Gasteiger partial charge in [-0.1, -0.05) is 65.9 Å². The predicted octanol–water partition coefficient (Wildman–Crippen LogP) is 4.35. The third kappa shape index (κ3) is 4.27. The van der Waals surface area contributed by atoms with Crippen LogP contribution >= 0.6 is 11.3 Å². The molecule has 0 unspecified atom stereocenters. The van der Waals surface area contributed by atoms with Crippen molar-refractivity contribution in [2.45, 2.75) is 32.9 Å². The molecule has 1 aliphatic heterocycles. The number of aromatic nitrogens is 1. The Kier molecular flexibility index (Phi) is 6.33. The number of methoxy groups -OCH3 is 1. The van der Waals surface area contributed by atoms with E-state index in [0.717, 1.165) is 21.9 Å².